The fourth-order valence-corrected chi connectivity index (χ4v) is 4.16. The van der Waals surface area contributed by atoms with Crippen LogP contribution >= 0.6 is 0 Å². The van der Waals surface area contributed by atoms with Crippen LogP contribution in [0.4, 0.5) is 4.39 Å². The Morgan fingerprint density at radius 1 is 1.10 bits per heavy atom. The standard InChI is InChI=1S/C31H38FN3O7/c1-19(2)27-28(29(39)33-17-20-8-7-9-25(14-20)40-6)34-35(22-12-10-21(32)11-13-22)30(27)41-18-24(37)15-23(36)16-26(38)42-31(3,4)5/h7-14,19,24,37H,15-18H2,1-6H3,(H,33,39)/t24-/m0/s1. The number of amides is 1. The minimum Gasteiger partial charge on any atom is -0.497 e. The number of benzene rings is 2. The maximum Gasteiger partial charge on any atom is 0.313 e. The number of ether oxygens (including phenoxy) is 3. The van der Waals surface area contributed by atoms with Gasteiger partial charge in [0, 0.05) is 18.5 Å². The van der Waals surface area contributed by atoms with E-state index in [9.17, 15) is 23.9 Å². The fraction of sp³-hybridized carbons (Fsp3) is 0.419. The Morgan fingerprint density at radius 2 is 1.79 bits per heavy atom. The average molecular weight is 584 g/mol. The molecular weight excluding hydrogens is 545 g/mol. The number of nitrogens with zero attached hydrogens (tertiary/aromatic N) is 2. The first-order valence-corrected chi connectivity index (χ1v) is 13.6. The highest BCUT2D eigenvalue weighted by molar-refractivity contribution is 5.96. The minimum absolute atomic E-state index is 0.0997. The number of carbonyl (C=O) groups excluding carboxylic acids is 3. The number of hydrogen-bond acceptors (Lipinski definition) is 8. The zero-order valence-electron chi connectivity index (χ0n) is 24.8. The monoisotopic (exact) mass is 583 g/mol. The maximum absolute atomic E-state index is 13.7. The van der Waals surface area contributed by atoms with Gasteiger partial charge in [-0.15, -0.1) is 0 Å². The quantitative estimate of drug-likeness (QED) is 0.222. The SMILES string of the molecule is COc1cccc(CNC(=O)c2nn(-c3ccc(F)cc3)c(OC[C@@H](O)CC(=O)CC(=O)OC(C)(C)C)c2C(C)C)c1. The number of nitrogens with one attached hydrogen (secondary N) is 1. The van der Waals surface area contributed by atoms with Crippen molar-refractivity contribution >= 4 is 17.7 Å². The first-order chi connectivity index (χ1) is 19.8. The second-order valence-electron chi connectivity index (χ2n) is 11.1. The molecule has 0 bridgehead atoms. The molecule has 0 aliphatic rings. The van der Waals surface area contributed by atoms with Crippen LogP contribution in [0.15, 0.2) is 48.5 Å². The molecular formula is C31H38FN3O7. The van der Waals surface area contributed by atoms with E-state index in [0.29, 0.717) is 17.0 Å². The Bertz CT molecular complexity index is 1390. The summed E-state index contributed by atoms with van der Waals surface area (Å²) in [5, 5.41) is 17.9. The molecule has 1 atom stereocenters. The average Bonchev–Trinajstić information content (AvgIpc) is 3.29. The summed E-state index contributed by atoms with van der Waals surface area (Å²) in [6.07, 6.45) is -2.06. The predicted molar refractivity (Wildman–Crippen MR) is 153 cm³/mol. The van der Waals surface area contributed by atoms with Gasteiger partial charge in [-0.25, -0.2) is 9.07 Å². The topological polar surface area (TPSA) is 129 Å². The van der Waals surface area contributed by atoms with Crippen LogP contribution in [0.2, 0.25) is 0 Å². The Hall–Kier alpha value is -4.25. The van der Waals surface area contributed by atoms with E-state index in [-0.39, 0.29) is 37.1 Å². The summed E-state index contributed by atoms with van der Waals surface area (Å²) in [6, 6.07) is 12.7. The molecule has 1 aromatic heterocycles. The molecule has 3 aromatic rings. The van der Waals surface area contributed by atoms with Gasteiger partial charge in [-0.2, -0.15) is 5.10 Å². The highest BCUT2D eigenvalue weighted by Gasteiger charge is 2.28. The van der Waals surface area contributed by atoms with E-state index in [1.807, 2.05) is 26.0 Å². The van der Waals surface area contributed by atoms with Gasteiger partial charge < -0.3 is 24.6 Å². The van der Waals surface area contributed by atoms with Gasteiger partial charge in [-0.1, -0.05) is 26.0 Å². The number of ketones is 1. The summed E-state index contributed by atoms with van der Waals surface area (Å²) in [6.45, 7) is 8.70. The zero-order valence-corrected chi connectivity index (χ0v) is 24.8. The normalized spacial score (nSPS) is 12.1. The summed E-state index contributed by atoms with van der Waals surface area (Å²) >= 11 is 0. The molecule has 3 rings (SSSR count). The molecule has 0 saturated carbocycles. The van der Waals surface area contributed by atoms with Crippen LogP contribution in [0.5, 0.6) is 11.6 Å². The zero-order chi connectivity index (χ0) is 31.0. The van der Waals surface area contributed by atoms with Crippen molar-refractivity contribution in [2.45, 2.75) is 71.6 Å². The van der Waals surface area contributed by atoms with Crippen molar-refractivity contribution in [3.05, 3.63) is 71.2 Å². The van der Waals surface area contributed by atoms with Gasteiger partial charge in [0.15, 0.2) is 5.69 Å². The van der Waals surface area contributed by atoms with Gasteiger partial charge in [-0.3, -0.25) is 14.4 Å². The second-order valence-corrected chi connectivity index (χ2v) is 11.1. The molecule has 0 saturated heterocycles. The van der Waals surface area contributed by atoms with Gasteiger partial charge in [-0.05, 0) is 68.7 Å². The van der Waals surface area contributed by atoms with Crippen molar-refractivity contribution in [3.8, 4) is 17.3 Å². The number of methoxy groups -OCH3 is 1. The lowest BCUT2D eigenvalue weighted by Gasteiger charge is -2.19. The molecule has 2 N–H and O–H groups in total. The lowest BCUT2D eigenvalue weighted by Crippen LogP contribution is -2.27. The third-order valence-electron chi connectivity index (χ3n) is 5.97. The Balaban J connectivity index is 1.83. The number of Topliss-reactive ketones (excluding diaryl/α,β-unsaturated/α-hetero) is 1. The number of aliphatic hydroxyl groups excluding tert-OH is 1. The van der Waals surface area contributed by atoms with Crippen molar-refractivity contribution in [1.82, 2.24) is 15.1 Å². The number of halogens is 1. The van der Waals surface area contributed by atoms with E-state index in [0.717, 1.165) is 5.56 Å². The lowest BCUT2D eigenvalue weighted by molar-refractivity contribution is -0.156. The van der Waals surface area contributed by atoms with Crippen molar-refractivity contribution in [2.75, 3.05) is 13.7 Å². The molecule has 0 aliphatic heterocycles. The summed E-state index contributed by atoms with van der Waals surface area (Å²) < 4.78 is 31.4. The van der Waals surface area contributed by atoms with Crippen LogP contribution in [0.25, 0.3) is 5.69 Å². The summed E-state index contributed by atoms with van der Waals surface area (Å²) in [5.74, 6) is -1.51. The number of hydrogen-bond donors (Lipinski definition) is 2. The van der Waals surface area contributed by atoms with Gasteiger partial charge >= 0.3 is 5.97 Å². The first-order valence-electron chi connectivity index (χ1n) is 13.6. The molecule has 0 unspecified atom stereocenters. The van der Waals surface area contributed by atoms with Crippen LogP contribution in [0, 0.1) is 5.82 Å². The minimum atomic E-state index is -1.25. The number of rotatable bonds is 13. The Morgan fingerprint density at radius 3 is 2.40 bits per heavy atom. The van der Waals surface area contributed by atoms with E-state index in [2.05, 4.69) is 10.4 Å². The van der Waals surface area contributed by atoms with Crippen LogP contribution < -0.4 is 14.8 Å². The van der Waals surface area contributed by atoms with E-state index in [1.165, 1.54) is 28.9 Å². The predicted octanol–water partition coefficient (Wildman–Crippen LogP) is 4.50. The van der Waals surface area contributed by atoms with Crippen LogP contribution in [0.1, 0.15) is 75.0 Å². The molecule has 2 aromatic carbocycles. The van der Waals surface area contributed by atoms with Crippen LogP contribution in [0.3, 0.4) is 0 Å². The Labute approximate surface area is 244 Å². The van der Waals surface area contributed by atoms with E-state index in [1.54, 1.807) is 40.0 Å². The number of aliphatic hydroxyl groups is 1. The van der Waals surface area contributed by atoms with E-state index in [4.69, 9.17) is 14.2 Å². The van der Waals surface area contributed by atoms with Crippen molar-refractivity contribution in [2.24, 2.45) is 0 Å². The van der Waals surface area contributed by atoms with Crippen molar-refractivity contribution < 1.29 is 38.1 Å². The van der Waals surface area contributed by atoms with Crippen LogP contribution in [-0.4, -0.2) is 58.0 Å². The molecule has 0 spiro atoms. The number of carbonyl (C=O) groups is 3. The molecule has 0 fully saturated rings. The molecule has 1 amide bonds. The van der Waals surface area contributed by atoms with E-state index >= 15 is 0 Å². The van der Waals surface area contributed by atoms with Gasteiger partial charge in [0.2, 0.25) is 5.88 Å². The summed E-state index contributed by atoms with van der Waals surface area (Å²) in [7, 11) is 1.56. The van der Waals surface area contributed by atoms with Gasteiger partial charge in [0.1, 0.15) is 36.0 Å². The van der Waals surface area contributed by atoms with Gasteiger partial charge in [0.25, 0.3) is 5.91 Å². The summed E-state index contributed by atoms with van der Waals surface area (Å²) in [4.78, 5) is 37.7. The lowest BCUT2D eigenvalue weighted by atomic mass is 10.0. The highest BCUT2D eigenvalue weighted by Crippen LogP contribution is 2.33. The molecule has 1 heterocycles. The highest BCUT2D eigenvalue weighted by atomic mass is 19.1. The first kappa shape index (κ1) is 32.3. The number of esters is 1. The molecule has 0 radical (unpaired) electrons. The third kappa shape index (κ3) is 9.13. The summed E-state index contributed by atoms with van der Waals surface area (Å²) in [5.41, 5.74) is 1.08. The molecule has 42 heavy (non-hydrogen) atoms. The number of aromatic nitrogens is 2. The molecule has 226 valence electrons. The van der Waals surface area contributed by atoms with Crippen molar-refractivity contribution in [3.63, 3.8) is 0 Å². The van der Waals surface area contributed by atoms with Crippen LogP contribution in [-0.2, 0) is 20.9 Å². The molecule has 0 aliphatic carbocycles. The Kier molecular flexibility index (Phi) is 10.8. The fourth-order valence-electron chi connectivity index (χ4n) is 4.16. The van der Waals surface area contributed by atoms with Gasteiger partial charge in [0.05, 0.1) is 18.9 Å². The van der Waals surface area contributed by atoms with E-state index < -0.39 is 41.6 Å². The molecule has 11 heteroatoms. The molecule has 10 nitrogen and oxygen atoms in total. The largest absolute Gasteiger partial charge is 0.497 e. The third-order valence-corrected chi connectivity index (χ3v) is 5.97. The second kappa shape index (κ2) is 14.1. The smallest absolute Gasteiger partial charge is 0.313 e. The maximum atomic E-state index is 13.7. The van der Waals surface area contributed by atoms with Crippen molar-refractivity contribution in [1.29, 1.82) is 0 Å².